The molecule has 0 fully saturated rings. The summed E-state index contributed by atoms with van der Waals surface area (Å²) in [7, 11) is 0. The molecule has 2 aromatic rings. The molecule has 0 aliphatic rings. The fourth-order valence-electron chi connectivity index (χ4n) is 3.67. The minimum absolute atomic E-state index is 0.0387. The summed E-state index contributed by atoms with van der Waals surface area (Å²) in [5, 5.41) is 3.08. The molecule has 0 heterocycles. The molecule has 0 bridgehead atoms. The van der Waals surface area contributed by atoms with Crippen LogP contribution >= 0.6 is 0 Å². The SMILES string of the molecule is CCCCCCC(C)C(=O)NCc1cccc(-c2ccc(C=C(OCC)C(=O)OCC)cc2)c1. The smallest absolute Gasteiger partial charge is 0.373 e. The molecule has 5 heteroatoms. The zero-order chi connectivity index (χ0) is 24.8. The van der Waals surface area contributed by atoms with Crippen LogP contribution in [0.4, 0.5) is 0 Å². The van der Waals surface area contributed by atoms with Crippen LogP contribution in [0.1, 0.15) is 70.9 Å². The van der Waals surface area contributed by atoms with Gasteiger partial charge in [0.1, 0.15) is 0 Å². The van der Waals surface area contributed by atoms with Crippen LogP contribution in [-0.4, -0.2) is 25.1 Å². The molecule has 1 unspecified atom stereocenters. The summed E-state index contributed by atoms with van der Waals surface area (Å²) in [5.41, 5.74) is 4.06. The minimum Gasteiger partial charge on any atom is -0.487 e. The molecule has 2 aromatic carbocycles. The first-order valence-corrected chi connectivity index (χ1v) is 12.5. The highest BCUT2D eigenvalue weighted by Crippen LogP contribution is 2.22. The van der Waals surface area contributed by atoms with Crippen LogP contribution in [-0.2, 0) is 25.6 Å². The topological polar surface area (TPSA) is 64.6 Å². The monoisotopic (exact) mass is 465 g/mol. The summed E-state index contributed by atoms with van der Waals surface area (Å²) in [5.74, 6) is -0.102. The van der Waals surface area contributed by atoms with Gasteiger partial charge in [0.25, 0.3) is 0 Å². The molecule has 0 aliphatic heterocycles. The van der Waals surface area contributed by atoms with Crippen molar-refractivity contribution in [2.75, 3.05) is 13.2 Å². The van der Waals surface area contributed by atoms with Crippen molar-refractivity contribution in [1.82, 2.24) is 5.32 Å². The highest BCUT2D eigenvalue weighted by Gasteiger charge is 2.13. The van der Waals surface area contributed by atoms with Gasteiger partial charge in [-0.15, -0.1) is 0 Å². The second kappa shape index (κ2) is 14.9. The van der Waals surface area contributed by atoms with Gasteiger partial charge in [-0.2, -0.15) is 0 Å². The minimum atomic E-state index is -0.460. The Morgan fingerprint density at radius 2 is 1.65 bits per heavy atom. The molecule has 0 aliphatic carbocycles. The van der Waals surface area contributed by atoms with Gasteiger partial charge >= 0.3 is 5.97 Å². The fraction of sp³-hybridized carbons (Fsp3) is 0.448. The van der Waals surface area contributed by atoms with E-state index < -0.39 is 5.97 Å². The summed E-state index contributed by atoms with van der Waals surface area (Å²) in [6.45, 7) is 9.02. The van der Waals surface area contributed by atoms with E-state index in [9.17, 15) is 9.59 Å². The number of hydrogen-bond donors (Lipinski definition) is 1. The largest absolute Gasteiger partial charge is 0.487 e. The number of nitrogens with one attached hydrogen (secondary N) is 1. The summed E-state index contributed by atoms with van der Waals surface area (Å²) >= 11 is 0. The lowest BCUT2D eigenvalue weighted by Gasteiger charge is -2.13. The lowest BCUT2D eigenvalue weighted by Crippen LogP contribution is -2.28. The zero-order valence-electron chi connectivity index (χ0n) is 21.1. The molecular weight excluding hydrogens is 426 g/mol. The maximum Gasteiger partial charge on any atom is 0.373 e. The molecule has 0 spiro atoms. The van der Waals surface area contributed by atoms with Crippen molar-refractivity contribution in [1.29, 1.82) is 0 Å². The van der Waals surface area contributed by atoms with E-state index in [2.05, 4.69) is 24.4 Å². The van der Waals surface area contributed by atoms with Gasteiger partial charge in [-0.25, -0.2) is 4.79 Å². The first-order valence-electron chi connectivity index (χ1n) is 12.5. The zero-order valence-corrected chi connectivity index (χ0v) is 21.1. The van der Waals surface area contributed by atoms with Crippen molar-refractivity contribution in [2.24, 2.45) is 5.92 Å². The van der Waals surface area contributed by atoms with Crippen LogP contribution in [0.2, 0.25) is 0 Å². The van der Waals surface area contributed by atoms with Gasteiger partial charge in [0.05, 0.1) is 13.2 Å². The number of hydrogen-bond acceptors (Lipinski definition) is 4. The Bertz CT molecular complexity index is 933. The Hall–Kier alpha value is -3.08. The van der Waals surface area contributed by atoms with E-state index in [0.717, 1.165) is 35.1 Å². The van der Waals surface area contributed by atoms with E-state index in [-0.39, 0.29) is 17.6 Å². The van der Waals surface area contributed by atoms with Crippen molar-refractivity contribution >= 4 is 18.0 Å². The number of rotatable bonds is 14. The van der Waals surface area contributed by atoms with Crippen molar-refractivity contribution in [3.63, 3.8) is 0 Å². The van der Waals surface area contributed by atoms with E-state index in [4.69, 9.17) is 9.47 Å². The summed E-state index contributed by atoms with van der Waals surface area (Å²) in [6, 6.07) is 16.1. The van der Waals surface area contributed by atoms with E-state index in [1.807, 2.05) is 50.2 Å². The molecule has 5 nitrogen and oxygen atoms in total. The lowest BCUT2D eigenvalue weighted by atomic mass is 10.0. The van der Waals surface area contributed by atoms with Crippen molar-refractivity contribution in [2.45, 2.75) is 66.3 Å². The summed E-state index contributed by atoms with van der Waals surface area (Å²) in [6.07, 6.45) is 7.37. The first-order chi connectivity index (χ1) is 16.5. The highest BCUT2D eigenvalue weighted by molar-refractivity contribution is 5.91. The molecule has 34 heavy (non-hydrogen) atoms. The average molecular weight is 466 g/mol. The number of benzene rings is 2. The van der Waals surface area contributed by atoms with Crippen LogP contribution in [0.5, 0.6) is 0 Å². The van der Waals surface area contributed by atoms with Crippen LogP contribution < -0.4 is 5.32 Å². The van der Waals surface area contributed by atoms with Crippen LogP contribution in [0.15, 0.2) is 54.3 Å². The standard InChI is InChI=1S/C29H39NO4/c1-5-8-9-10-12-22(4)28(31)30-21-24-13-11-14-26(19-24)25-17-15-23(16-18-25)20-27(33-6-2)29(32)34-7-3/h11,13-20,22H,5-10,12,21H2,1-4H3,(H,30,31). The number of ether oxygens (including phenoxy) is 2. The van der Waals surface area contributed by atoms with Gasteiger partial charge in [0.2, 0.25) is 11.7 Å². The Morgan fingerprint density at radius 1 is 0.912 bits per heavy atom. The predicted octanol–water partition coefficient (Wildman–Crippen LogP) is 6.52. The van der Waals surface area contributed by atoms with Crippen molar-refractivity contribution < 1.29 is 19.1 Å². The van der Waals surface area contributed by atoms with E-state index in [1.54, 1.807) is 13.0 Å². The molecule has 2 rings (SSSR count). The lowest BCUT2D eigenvalue weighted by molar-refractivity contribution is -0.142. The molecule has 0 aromatic heterocycles. The van der Waals surface area contributed by atoms with Crippen LogP contribution in [0.3, 0.4) is 0 Å². The van der Waals surface area contributed by atoms with Gasteiger partial charge in [0.15, 0.2) is 0 Å². The first kappa shape index (κ1) is 27.2. The van der Waals surface area contributed by atoms with E-state index >= 15 is 0 Å². The molecule has 1 N–H and O–H groups in total. The Labute approximate surface area is 204 Å². The third-order valence-electron chi connectivity index (χ3n) is 5.65. The van der Waals surface area contributed by atoms with Gasteiger partial charge in [-0.3, -0.25) is 4.79 Å². The van der Waals surface area contributed by atoms with Gasteiger partial charge in [-0.1, -0.05) is 82.0 Å². The maximum absolute atomic E-state index is 12.4. The fourth-order valence-corrected chi connectivity index (χ4v) is 3.67. The molecule has 1 atom stereocenters. The Balaban J connectivity index is 2.00. The molecule has 0 saturated carbocycles. The number of amides is 1. The normalized spacial score (nSPS) is 12.2. The van der Waals surface area contributed by atoms with Crippen molar-refractivity contribution in [3.8, 4) is 11.1 Å². The number of esters is 1. The van der Waals surface area contributed by atoms with Gasteiger partial charge in [-0.05, 0) is 54.7 Å². The molecule has 184 valence electrons. The number of unbranched alkanes of at least 4 members (excludes halogenated alkanes) is 3. The van der Waals surface area contributed by atoms with Crippen LogP contribution in [0, 0.1) is 5.92 Å². The summed E-state index contributed by atoms with van der Waals surface area (Å²) < 4.78 is 10.5. The molecule has 1 amide bonds. The van der Waals surface area contributed by atoms with Crippen LogP contribution in [0.25, 0.3) is 17.2 Å². The second-order valence-corrected chi connectivity index (χ2v) is 8.45. The molecular formula is C29H39NO4. The number of carbonyl (C=O) groups excluding carboxylic acids is 2. The molecule has 0 radical (unpaired) electrons. The Kier molecular flexibility index (Phi) is 11.9. The average Bonchev–Trinajstić information content (AvgIpc) is 2.85. The third-order valence-corrected chi connectivity index (χ3v) is 5.65. The van der Waals surface area contributed by atoms with Gasteiger partial charge < -0.3 is 14.8 Å². The molecule has 0 saturated heterocycles. The highest BCUT2D eigenvalue weighted by atomic mass is 16.6. The van der Waals surface area contributed by atoms with Gasteiger partial charge in [0, 0.05) is 12.5 Å². The van der Waals surface area contributed by atoms with E-state index in [0.29, 0.717) is 19.8 Å². The van der Waals surface area contributed by atoms with Crippen molar-refractivity contribution in [3.05, 3.63) is 65.4 Å². The van der Waals surface area contributed by atoms with E-state index in [1.165, 1.54) is 19.3 Å². The predicted molar refractivity (Wildman–Crippen MR) is 138 cm³/mol. The number of carbonyl (C=O) groups is 2. The maximum atomic E-state index is 12.4. The third kappa shape index (κ3) is 9.05. The second-order valence-electron chi connectivity index (χ2n) is 8.45. The quantitative estimate of drug-likeness (QED) is 0.149. The summed E-state index contributed by atoms with van der Waals surface area (Å²) in [4.78, 5) is 24.5. The Morgan fingerprint density at radius 3 is 2.32 bits per heavy atom.